The van der Waals surface area contributed by atoms with Crippen LogP contribution in [0.1, 0.15) is 0 Å². The fourth-order valence-corrected chi connectivity index (χ4v) is 0.912. The minimum absolute atomic E-state index is 0.266. The third-order valence-electron chi connectivity index (χ3n) is 1.06. The fraction of sp³-hybridized carbons (Fsp3) is 0. The van der Waals surface area contributed by atoms with E-state index in [2.05, 4.69) is 5.32 Å². The lowest BCUT2D eigenvalue weighted by atomic mass is 10.3. The molecule has 0 saturated heterocycles. The first kappa shape index (κ1) is 7.83. The Labute approximate surface area is 68.2 Å². The predicted molar refractivity (Wildman–Crippen MR) is 40.6 cm³/mol. The summed E-state index contributed by atoms with van der Waals surface area (Å²) in [6, 6.07) is 3.83. The number of nitriles is 1. The predicted octanol–water partition coefficient (Wildman–Crippen LogP) is 2.37. The second-order valence-electron chi connectivity index (χ2n) is 1.89. The largest absolute Gasteiger partial charge is 0.293 e. The van der Waals surface area contributed by atoms with Crippen molar-refractivity contribution in [3.05, 3.63) is 29.0 Å². The van der Waals surface area contributed by atoms with Gasteiger partial charge in [-0.3, -0.25) is 5.32 Å². The van der Waals surface area contributed by atoms with Crippen LogP contribution in [0.25, 0.3) is 0 Å². The summed E-state index contributed by atoms with van der Waals surface area (Å²) >= 11 is 5.50. The summed E-state index contributed by atoms with van der Waals surface area (Å²) in [5, 5.41) is 10.7. The van der Waals surface area contributed by atoms with Gasteiger partial charge in [-0.1, -0.05) is 11.6 Å². The van der Waals surface area contributed by atoms with E-state index in [1.807, 2.05) is 0 Å². The number of nitrogens with zero attached hydrogens (tertiary/aromatic N) is 1. The zero-order valence-electron chi connectivity index (χ0n) is 5.44. The van der Waals surface area contributed by atoms with Crippen LogP contribution < -0.4 is 5.32 Å². The van der Waals surface area contributed by atoms with Crippen molar-refractivity contribution in [3.63, 3.8) is 0 Å². The van der Waals surface area contributed by atoms with Gasteiger partial charge in [0, 0.05) is 5.02 Å². The van der Waals surface area contributed by atoms with E-state index in [4.69, 9.17) is 16.9 Å². The Bertz CT molecular complexity index is 286. The minimum atomic E-state index is -0.463. The van der Waals surface area contributed by atoms with E-state index in [1.54, 1.807) is 6.19 Å². The molecule has 0 fully saturated rings. The Kier molecular flexibility index (Phi) is 2.29. The standard InChI is InChI=1S/C7H4ClFN2/c8-5-1-6(9)3-7(2-5)11-4-10/h1-3,11H. The van der Waals surface area contributed by atoms with Crippen LogP contribution in [0.2, 0.25) is 5.02 Å². The van der Waals surface area contributed by atoms with Gasteiger partial charge in [-0.25, -0.2) is 4.39 Å². The Morgan fingerprint density at radius 2 is 2.18 bits per heavy atom. The Morgan fingerprint density at radius 3 is 2.73 bits per heavy atom. The highest BCUT2D eigenvalue weighted by Crippen LogP contribution is 2.17. The topological polar surface area (TPSA) is 35.8 Å². The van der Waals surface area contributed by atoms with Gasteiger partial charge in [-0.05, 0) is 18.2 Å². The van der Waals surface area contributed by atoms with Crippen LogP contribution in [-0.2, 0) is 0 Å². The average molecular weight is 171 g/mol. The SMILES string of the molecule is N#CNc1cc(F)cc(Cl)c1. The number of hydrogen-bond acceptors (Lipinski definition) is 2. The zero-order valence-corrected chi connectivity index (χ0v) is 6.19. The molecule has 0 spiro atoms. The van der Waals surface area contributed by atoms with Crippen LogP contribution in [-0.4, -0.2) is 0 Å². The molecule has 0 aliphatic carbocycles. The number of rotatable bonds is 1. The molecule has 0 amide bonds. The molecule has 0 atom stereocenters. The summed E-state index contributed by atoms with van der Waals surface area (Å²) in [7, 11) is 0. The minimum Gasteiger partial charge on any atom is -0.293 e. The van der Waals surface area contributed by atoms with Crippen LogP contribution in [0.15, 0.2) is 18.2 Å². The summed E-state index contributed by atoms with van der Waals surface area (Å²) in [4.78, 5) is 0. The van der Waals surface area contributed by atoms with Crippen molar-refractivity contribution in [2.75, 3.05) is 5.32 Å². The van der Waals surface area contributed by atoms with E-state index < -0.39 is 5.82 Å². The summed E-state index contributed by atoms with van der Waals surface area (Å²) in [5.74, 6) is -0.463. The molecular weight excluding hydrogens is 167 g/mol. The molecular formula is C7H4ClFN2. The molecule has 0 saturated carbocycles. The van der Waals surface area contributed by atoms with Crippen molar-refractivity contribution in [2.45, 2.75) is 0 Å². The van der Waals surface area contributed by atoms with Crippen molar-refractivity contribution in [1.82, 2.24) is 0 Å². The first-order valence-electron chi connectivity index (χ1n) is 2.83. The van der Waals surface area contributed by atoms with E-state index in [-0.39, 0.29) is 5.02 Å². The molecule has 1 aromatic carbocycles. The number of anilines is 1. The summed E-state index contributed by atoms with van der Waals surface area (Å²) in [6.45, 7) is 0. The maximum absolute atomic E-state index is 12.5. The molecule has 0 radical (unpaired) electrons. The zero-order chi connectivity index (χ0) is 8.27. The van der Waals surface area contributed by atoms with Gasteiger partial charge in [0.2, 0.25) is 0 Å². The third-order valence-corrected chi connectivity index (χ3v) is 1.28. The summed E-state index contributed by atoms with van der Waals surface area (Å²) in [6.07, 6.45) is 1.66. The molecule has 4 heteroatoms. The highest BCUT2D eigenvalue weighted by molar-refractivity contribution is 6.30. The maximum atomic E-state index is 12.5. The lowest BCUT2D eigenvalue weighted by molar-refractivity contribution is 0.628. The van der Waals surface area contributed by atoms with Crippen LogP contribution >= 0.6 is 11.6 Å². The van der Waals surface area contributed by atoms with Gasteiger partial charge in [0.25, 0.3) is 0 Å². The molecule has 1 aromatic rings. The van der Waals surface area contributed by atoms with Crippen LogP contribution in [0.4, 0.5) is 10.1 Å². The first-order chi connectivity index (χ1) is 5.22. The molecule has 11 heavy (non-hydrogen) atoms. The second-order valence-corrected chi connectivity index (χ2v) is 2.33. The van der Waals surface area contributed by atoms with Crippen LogP contribution in [0.5, 0.6) is 0 Å². The third kappa shape index (κ3) is 2.10. The van der Waals surface area contributed by atoms with E-state index in [0.717, 1.165) is 0 Å². The lowest BCUT2D eigenvalue weighted by Crippen LogP contribution is -1.87. The van der Waals surface area contributed by atoms with Gasteiger partial charge in [-0.2, -0.15) is 5.26 Å². The quantitative estimate of drug-likeness (QED) is 0.519. The maximum Gasteiger partial charge on any atom is 0.181 e. The normalized spacial score (nSPS) is 8.82. The Morgan fingerprint density at radius 1 is 1.45 bits per heavy atom. The van der Waals surface area contributed by atoms with Gasteiger partial charge < -0.3 is 0 Å². The monoisotopic (exact) mass is 170 g/mol. The molecule has 0 aliphatic heterocycles. The Balaban J connectivity index is 3.01. The van der Waals surface area contributed by atoms with E-state index in [0.29, 0.717) is 5.69 Å². The summed E-state index contributed by atoms with van der Waals surface area (Å²) in [5.41, 5.74) is 0.359. The molecule has 1 rings (SSSR count). The van der Waals surface area contributed by atoms with Gasteiger partial charge in [0.05, 0.1) is 5.69 Å². The molecule has 0 heterocycles. The van der Waals surface area contributed by atoms with E-state index >= 15 is 0 Å². The molecule has 0 aliphatic rings. The van der Waals surface area contributed by atoms with E-state index in [1.165, 1.54) is 18.2 Å². The molecule has 0 unspecified atom stereocenters. The highest BCUT2D eigenvalue weighted by Gasteiger charge is 1.96. The molecule has 0 bridgehead atoms. The van der Waals surface area contributed by atoms with Crippen molar-refractivity contribution in [1.29, 1.82) is 5.26 Å². The molecule has 1 N–H and O–H groups in total. The van der Waals surface area contributed by atoms with Gasteiger partial charge >= 0.3 is 0 Å². The number of benzene rings is 1. The van der Waals surface area contributed by atoms with Crippen molar-refractivity contribution in [3.8, 4) is 6.19 Å². The second kappa shape index (κ2) is 3.22. The van der Waals surface area contributed by atoms with Crippen molar-refractivity contribution < 1.29 is 4.39 Å². The molecule has 2 nitrogen and oxygen atoms in total. The van der Waals surface area contributed by atoms with Crippen LogP contribution in [0, 0.1) is 17.3 Å². The lowest BCUT2D eigenvalue weighted by Gasteiger charge is -1.97. The van der Waals surface area contributed by atoms with E-state index in [9.17, 15) is 4.39 Å². The summed E-state index contributed by atoms with van der Waals surface area (Å²) < 4.78 is 12.5. The smallest absolute Gasteiger partial charge is 0.181 e. The number of nitrogens with one attached hydrogen (secondary N) is 1. The van der Waals surface area contributed by atoms with Gasteiger partial charge in [-0.15, -0.1) is 0 Å². The fourth-order valence-electron chi connectivity index (χ4n) is 0.691. The number of halogens is 2. The Hall–Kier alpha value is -1.27. The molecule has 56 valence electrons. The van der Waals surface area contributed by atoms with Crippen molar-refractivity contribution >= 4 is 17.3 Å². The highest BCUT2D eigenvalue weighted by atomic mass is 35.5. The number of hydrogen-bond donors (Lipinski definition) is 1. The first-order valence-corrected chi connectivity index (χ1v) is 3.21. The average Bonchev–Trinajstić information content (AvgIpc) is 1.85. The van der Waals surface area contributed by atoms with Crippen LogP contribution in [0.3, 0.4) is 0 Å². The molecule has 0 aromatic heterocycles. The van der Waals surface area contributed by atoms with Gasteiger partial charge in [0.1, 0.15) is 5.82 Å². The van der Waals surface area contributed by atoms with Gasteiger partial charge in [0.15, 0.2) is 6.19 Å². The van der Waals surface area contributed by atoms with Crippen molar-refractivity contribution in [2.24, 2.45) is 0 Å².